The molecule has 0 bridgehead atoms. The first kappa shape index (κ1) is 20.6. The lowest BCUT2D eigenvalue weighted by Gasteiger charge is -2.36. The van der Waals surface area contributed by atoms with Gasteiger partial charge in [0, 0.05) is 42.8 Å². The number of anilines is 1. The summed E-state index contributed by atoms with van der Waals surface area (Å²) in [6, 6.07) is 14.3. The molecule has 0 radical (unpaired) electrons. The van der Waals surface area contributed by atoms with Crippen molar-refractivity contribution in [2.24, 2.45) is 0 Å². The Kier molecular flexibility index (Phi) is 5.61. The molecule has 0 unspecified atom stereocenters. The number of rotatable bonds is 5. The number of hydrogen-bond acceptors (Lipinski definition) is 6. The van der Waals surface area contributed by atoms with Crippen LogP contribution in [0.25, 0.3) is 21.9 Å². The Morgan fingerprint density at radius 3 is 2.62 bits per heavy atom. The van der Waals surface area contributed by atoms with Crippen LogP contribution in [-0.4, -0.2) is 64.8 Å². The number of benzene rings is 2. The van der Waals surface area contributed by atoms with Crippen molar-refractivity contribution in [3.05, 3.63) is 54.4 Å². The quantitative estimate of drug-likeness (QED) is 0.370. The molecule has 1 N–H and O–H groups in total. The lowest BCUT2D eigenvalue weighted by molar-refractivity contribution is -0.128. The first-order valence-electron chi connectivity index (χ1n) is 10.6. The zero-order valence-corrected chi connectivity index (χ0v) is 19.0. The van der Waals surface area contributed by atoms with Crippen molar-refractivity contribution < 1.29 is 9.53 Å². The van der Waals surface area contributed by atoms with Crippen molar-refractivity contribution in [3.63, 3.8) is 0 Å². The second kappa shape index (κ2) is 8.70. The lowest BCUT2D eigenvalue weighted by Crippen LogP contribution is -2.49. The predicted molar refractivity (Wildman–Crippen MR) is 129 cm³/mol. The van der Waals surface area contributed by atoms with Gasteiger partial charge in [0.05, 0.1) is 18.4 Å². The van der Waals surface area contributed by atoms with Crippen LogP contribution in [0, 0.1) is 6.92 Å². The topological polar surface area (TPSA) is 74.3 Å². The standard InChI is InChI=1S/C24H25N5O2S/c1-16-3-8-20-19(13-16)22-23(27-20)24(26-15-25-22)32-14-21(30)29-11-9-28(10-12-29)17-4-6-18(31-2)7-5-17/h3-8,13,15,27H,9-12,14H2,1-2H3. The molecule has 1 amide bonds. The fourth-order valence-electron chi connectivity index (χ4n) is 4.12. The van der Waals surface area contributed by atoms with Crippen LogP contribution in [0.3, 0.4) is 0 Å². The number of nitrogens with zero attached hydrogens (tertiary/aromatic N) is 4. The minimum atomic E-state index is 0.142. The number of nitrogens with one attached hydrogen (secondary N) is 1. The van der Waals surface area contributed by atoms with Gasteiger partial charge >= 0.3 is 0 Å². The molecule has 1 aliphatic rings. The molecule has 8 heteroatoms. The maximum atomic E-state index is 12.9. The second-order valence-electron chi connectivity index (χ2n) is 7.93. The van der Waals surface area contributed by atoms with Crippen molar-refractivity contribution in [1.82, 2.24) is 19.9 Å². The van der Waals surface area contributed by atoms with Crippen LogP contribution in [-0.2, 0) is 4.79 Å². The largest absolute Gasteiger partial charge is 0.497 e. The van der Waals surface area contributed by atoms with Gasteiger partial charge in [0.1, 0.15) is 22.6 Å². The van der Waals surface area contributed by atoms with E-state index >= 15 is 0 Å². The highest BCUT2D eigenvalue weighted by molar-refractivity contribution is 8.00. The van der Waals surface area contributed by atoms with E-state index in [4.69, 9.17) is 4.74 Å². The molecule has 2 aromatic carbocycles. The Hall–Kier alpha value is -3.26. The molecule has 0 atom stereocenters. The van der Waals surface area contributed by atoms with Crippen LogP contribution >= 0.6 is 11.8 Å². The minimum Gasteiger partial charge on any atom is -0.497 e. The monoisotopic (exact) mass is 447 g/mol. The Morgan fingerprint density at radius 2 is 1.88 bits per heavy atom. The molecule has 3 heterocycles. The molecule has 5 rings (SSSR count). The summed E-state index contributed by atoms with van der Waals surface area (Å²) >= 11 is 1.47. The summed E-state index contributed by atoms with van der Waals surface area (Å²) in [6.07, 6.45) is 1.58. The van der Waals surface area contributed by atoms with Crippen molar-refractivity contribution >= 4 is 45.3 Å². The van der Waals surface area contributed by atoms with Gasteiger partial charge in [-0.05, 0) is 43.3 Å². The molecule has 32 heavy (non-hydrogen) atoms. The van der Waals surface area contributed by atoms with E-state index in [1.807, 2.05) is 17.0 Å². The van der Waals surface area contributed by atoms with Crippen LogP contribution in [0.4, 0.5) is 5.69 Å². The number of fused-ring (bicyclic) bond motifs is 3. The lowest BCUT2D eigenvalue weighted by atomic mass is 10.2. The van der Waals surface area contributed by atoms with E-state index in [-0.39, 0.29) is 5.91 Å². The zero-order chi connectivity index (χ0) is 22.1. The van der Waals surface area contributed by atoms with E-state index in [0.717, 1.165) is 64.6 Å². The molecule has 1 aliphatic heterocycles. The van der Waals surface area contributed by atoms with E-state index in [2.05, 4.69) is 57.1 Å². The van der Waals surface area contributed by atoms with Crippen molar-refractivity contribution in [2.45, 2.75) is 11.9 Å². The number of aromatic nitrogens is 3. The maximum Gasteiger partial charge on any atom is 0.233 e. The summed E-state index contributed by atoms with van der Waals surface area (Å²) in [5, 5.41) is 1.90. The van der Waals surface area contributed by atoms with Gasteiger partial charge in [0.2, 0.25) is 5.91 Å². The summed E-state index contributed by atoms with van der Waals surface area (Å²) < 4.78 is 5.23. The summed E-state index contributed by atoms with van der Waals surface area (Å²) in [4.78, 5) is 29.4. The normalized spacial score (nSPS) is 14.3. The van der Waals surface area contributed by atoms with E-state index in [0.29, 0.717) is 5.75 Å². The van der Waals surface area contributed by atoms with Gasteiger partial charge in [-0.15, -0.1) is 0 Å². The molecule has 1 fully saturated rings. The Labute approximate surface area is 190 Å². The van der Waals surface area contributed by atoms with Crippen molar-refractivity contribution in [1.29, 1.82) is 0 Å². The molecule has 1 saturated heterocycles. The summed E-state index contributed by atoms with van der Waals surface area (Å²) in [7, 11) is 1.67. The van der Waals surface area contributed by atoms with Crippen LogP contribution in [0.15, 0.2) is 53.8 Å². The average molecular weight is 448 g/mol. The van der Waals surface area contributed by atoms with Crippen LogP contribution < -0.4 is 9.64 Å². The highest BCUT2D eigenvalue weighted by Gasteiger charge is 2.22. The third-order valence-corrected chi connectivity index (χ3v) is 6.88. The number of ether oxygens (including phenoxy) is 1. The van der Waals surface area contributed by atoms with Gasteiger partial charge in [0.25, 0.3) is 0 Å². The molecule has 0 spiro atoms. The van der Waals surface area contributed by atoms with Crippen LogP contribution in [0.1, 0.15) is 5.56 Å². The number of aryl methyl sites for hydroxylation is 1. The predicted octanol–water partition coefficient (Wildman–Crippen LogP) is 3.87. The highest BCUT2D eigenvalue weighted by Crippen LogP contribution is 2.30. The molecular formula is C24H25N5O2S. The number of amides is 1. The number of thioether (sulfide) groups is 1. The molecule has 0 aliphatic carbocycles. The molecule has 7 nitrogen and oxygen atoms in total. The molecule has 0 saturated carbocycles. The molecule has 4 aromatic rings. The van der Waals surface area contributed by atoms with E-state index in [1.54, 1.807) is 13.4 Å². The number of hydrogen-bond donors (Lipinski definition) is 1. The summed E-state index contributed by atoms with van der Waals surface area (Å²) in [5.41, 5.74) is 5.19. The van der Waals surface area contributed by atoms with Gasteiger partial charge in [-0.2, -0.15) is 0 Å². The number of H-pyrrole nitrogens is 1. The Balaban J connectivity index is 1.22. The Bertz CT molecular complexity index is 1260. The van der Waals surface area contributed by atoms with Gasteiger partial charge in [-0.1, -0.05) is 23.4 Å². The van der Waals surface area contributed by atoms with Crippen molar-refractivity contribution in [3.8, 4) is 5.75 Å². The number of piperazine rings is 1. The van der Waals surface area contributed by atoms with E-state index in [1.165, 1.54) is 17.3 Å². The first-order valence-corrected chi connectivity index (χ1v) is 11.6. The second-order valence-corrected chi connectivity index (χ2v) is 8.90. The van der Waals surface area contributed by atoms with Gasteiger partial charge < -0.3 is 19.5 Å². The minimum absolute atomic E-state index is 0.142. The van der Waals surface area contributed by atoms with Crippen LogP contribution in [0.2, 0.25) is 0 Å². The SMILES string of the molecule is COc1ccc(N2CCN(C(=O)CSc3ncnc4c3[nH]c3ccc(C)cc34)CC2)cc1. The van der Waals surface area contributed by atoms with Gasteiger partial charge in [-0.3, -0.25) is 4.79 Å². The van der Waals surface area contributed by atoms with Gasteiger partial charge in [0.15, 0.2) is 0 Å². The molecular weight excluding hydrogens is 422 g/mol. The number of carbonyl (C=O) groups excluding carboxylic acids is 1. The maximum absolute atomic E-state index is 12.9. The highest BCUT2D eigenvalue weighted by atomic mass is 32.2. The van der Waals surface area contributed by atoms with Gasteiger partial charge in [-0.25, -0.2) is 9.97 Å². The number of aromatic amines is 1. The van der Waals surface area contributed by atoms with Crippen molar-refractivity contribution in [2.75, 3.05) is 43.9 Å². The summed E-state index contributed by atoms with van der Waals surface area (Å²) in [5.74, 6) is 1.36. The summed E-state index contributed by atoms with van der Waals surface area (Å²) in [6.45, 7) is 5.15. The van der Waals surface area contributed by atoms with Crippen LogP contribution in [0.5, 0.6) is 5.75 Å². The molecule has 2 aromatic heterocycles. The van der Waals surface area contributed by atoms with E-state index < -0.39 is 0 Å². The third-order valence-electron chi connectivity index (χ3n) is 5.90. The zero-order valence-electron chi connectivity index (χ0n) is 18.2. The average Bonchev–Trinajstić information content (AvgIpc) is 3.21. The molecule has 164 valence electrons. The van der Waals surface area contributed by atoms with E-state index in [9.17, 15) is 4.79 Å². The number of methoxy groups -OCH3 is 1. The third kappa shape index (κ3) is 3.98. The Morgan fingerprint density at radius 1 is 1.09 bits per heavy atom. The number of carbonyl (C=O) groups is 1. The smallest absolute Gasteiger partial charge is 0.233 e. The fourth-order valence-corrected chi connectivity index (χ4v) is 4.98. The fraction of sp³-hybridized carbons (Fsp3) is 0.292. The first-order chi connectivity index (χ1) is 15.6.